The highest BCUT2D eigenvalue weighted by atomic mass is 19.1. The van der Waals surface area contributed by atoms with Crippen molar-refractivity contribution < 1.29 is 13.9 Å². The Bertz CT molecular complexity index is 291. The van der Waals surface area contributed by atoms with Crippen LogP contribution in [0.1, 0.15) is 17.2 Å². The van der Waals surface area contributed by atoms with Gasteiger partial charge in [0.15, 0.2) is 0 Å². The first kappa shape index (κ1) is 10.1. The van der Waals surface area contributed by atoms with Gasteiger partial charge < -0.3 is 10.8 Å². The topological polar surface area (TPSA) is 46.2 Å². The number of rotatable bonds is 3. The SMILES string of the molecule is NC(CO)c1cc(F)cc(CF)c1. The van der Waals surface area contributed by atoms with E-state index in [4.69, 9.17) is 10.8 Å². The van der Waals surface area contributed by atoms with E-state index in [0.717, 1.165) is 6.07 Å². The van der Waals surface area contributed by atoms with E-state index in [1.807, 2.05) is 0 Å². The summed E-state index contributed by atoms with van der Waals surface area (Å²) in [5, 5.41) is 8.70. The van der Waals surface area contributed by atoms with Gasteiger partial charge in [0.25, 0.3) is 0 Å². The van der Waals surface area contributed by atoms with Gasteiger partial charge in [0.2, 0.25) is 0 Å². The van der Waals surface area contributed by atoms with Crippen molar-refractivity contribution in [3.05, 3.63) is 35.1 Å². The second kappa shape index (κ2) is 4.30. The molecular formula is C9H11F2NO. The van der Waals surface area contributed by atoms with Crippen molar-refractivity contribution in [3.8, 4) is 0 Å². The zero-order chi connectivity index (χ0) is 9.84. The van der Waals surface area contributed by atoms with Crippen molar-refractivity contribution in [3.63, 3.8) is 0 Å². The predicted octanol–water partition coefficient (Wildman–Crippen LogP) is 1.29. The van der Waals surface area contributed by atoms with E-state index >= 15 is 0 Å². The van der Waals surface area contributed by atoms with E-state index in [-0.39, 0.29) is 12.2 Å². The minimum absolute atomic E-state index is 0.235. The number of aliphatic hydroxyl groups excluding tert-OH is 1. The van der Waals surface area contributed by atoms with E-state index < -0.39 is 18.5 Å². The molecule has 1 aromatic carbocycles. The molecule has 72 valence electrons. The molecule has 1 rings (SSSR count). The molecule has 0 aromatic heterocycles. The van der Waals surface area contributed by atoms with E-state index in [0.29, 0.717) is 5.56 Å². The first-order valence-corrected chi connectivity index (χ1v) is 3.89. The zero-order valence-electron chi connectivity index (χ0n) is 7.00. The molecule has 0 heterocycles. The number of aliphatic hydroxyl groups is 1. The van der Waals surface area contributed by atoms with Gasteiger partial charge in [-0.15, -0.1) is 0 Å². The van der Waals surface area contributed by atoms with Gasteiger partial charge in [0.1, 0.15) is 12.5 Å². The fourth-order valence-electron chi connectivity index (χ4n) is 1.07. The molecule has 0 radical (unpaired) electrons. The minimum atomic E-state index is -0.733. The maximum Gasteiger partial charge on any atom is 0.123 e. The number of alkyl halides is 1. The van der Waals surface area contributed by atoms with Gasteiger partial charge >= 0.3 is 0 Å². The summed E-state index contributed by atoms with van der Waals surface area (Å²) in [7, 11) is 0. The zero-order valence-corrected chi connectivity index (χ0v) is 7.00. The van der Waals surface area contributed by atoms with Gasteiger partial charge in [0, 0.05) is 0 Å². The first-order chi connectivity index (χ1) is 6.17. The number of hydrogen-bond donors (Lipinski definition) is 2. The van der Waals surface area contributed by atoms with Crippen LogP contribution in [0, 0.1) is 5.82 Å². The molecule has 0 spiro atoms. The monoisotopic (exact) mass is 187 g/mol. The molecule has 0 aliphatic heterocycles. The first-order valence-electron chi connectivity index (χ1n) is 3.89. The Kier molecular flexibility index (Phi) is 3.33. The highest BCUT2D eigenvalue weighted by Crippen LogP contribution is 2.15. The third-order valence-corrected chi connectivity index (χ3v) is 1.76. The lowest BCUT2D eigenvalue weighted by Crippen LogP contribution is -2.14. The summed E-state index contributed by atoms with van der Waals surface area (Å²) in [5.74, 6) is -0.533. The molecular weight excluding hydrogens is 176 g/mol. The van der Waals surface area contributed by atoms with Gasteiger partial charge in [-0.2, -0.15) is 0 Å². The molecule has 13 heavy (non-hydrogen) atoms. The van der Waals surface area contributed by atoms with Gasteiger partial charge in [0.05, 0.1) is 12.6 Å². The molecule has 0 bridgehead atoms. The number of hydrogen-bond acceptors (Lipinski definition) is 2. The standard InChI is InChI=1S/C9H11F2NO/c10-4-6-1-7(9(12)5-13)3-8(11)2-6/h1-3,9,13H,4-5,12H2. The molecule has 0 aliphatic carbocycles. The van der Waals surface area contributed by atoms with Crippen LogP contribution in [0.5, 0.6) is 0 Å². The van der Waals surface area contributed by atoms with Crippen LogP contribution in [-0.2, 0) is 6.67 Å². The molecule has 0 saturated carbocycles. The van der Waals surface area contributed by atoms with Crippen molar-refractivity contribution in [2.45, 2.75) is 12.7 Å². The molecule has 2 nitrogen and oxygen atoms in total. The van der Waals surface area contributed by atoms with Crippen molar-refractivity contribution in [2.24, 2.45) is 5.73 Å². The third-order valence-electron chi connectivity index (χ3n) is 1.76. The van der Waals surface area contributed by atoms with E-state index in [1.54, 1.807) is 0 Å². The van der Waals surface area contributed by atoms with E-state index in [9.17, 15) is 8.78 Å². The summed E-state index contributed by atoms with van der Waals surface area (Å²) >= 11 is 0. The number of nitrogens with two attached hydrogens (primary N) is 1. The van der Waals surface area contributed by atoms with Crippen LogP contribution < -0.4 is 5.73 Å². The lowest BCUT2D eigenvalue weighted by Gasteiger charge is -2.09. The second-order valence-corrected chi connectivity index (χ2v) is 2.82. The maximum atomic E-state index is 12.8. The Morgan fingerprint density at radius 2 is 2.08 bits per heavy atom. The Hall–Kier alpha value is -1.00. The fourth-order valence-corrected chi connectivity index (χ4v) is 1.07. The van der Waals surface area contributed by atoms with Crippen LogP contribution in [-0.4, -0.2) is 11.7 Å². The number of halogens is 2. The summed E-state index contributed by atoms with van der Waals surface area (Å²) in [4.78, 5) is 0. The average Bonchev–Trinajstić information content (AvgIpc) is 2.15. The smallest absolute Gasteiger partial charge is 0.123 e. The van der Waals surface area contributed by atoms with Crippen molar-refractivity contribution >= 4 is 0 Å². The van der Waals surface area contributed by atoms with Crippen LogP contribution in [0.25, 0.3) is 0 Å². The lowest BCUT2D eigenvalue weighted by molar-refractivity contribution is 0.267. The molecule has 0 aliphatic rings. The molecule has 0 saturated heterocycles. The minimum Gasteiger partial charge on any atom is -0.394 e. The average molecular weight is 187 g/mol. The van der Waals surface area contributed by atoms with Crippen LogP contribution >= 0.6 is 0 Å². The summed E-state index contributed by atoms with van der Waals surface area (Å²) in [5.41, 5.74) is 6.09. The van der Waals surface area contributed by atoms with E-state index in [2.05, 4.69) is 0 Å². The molecule has 1 atom stereocenters. The third kappa shape index (κ3) is 2.47. The summed E-state index contributed by atoms with van der Waals surface area (Å²) in [6, 6.07) is 3.10. The fraction of sp³-hybridized carbons (Fsp3) is 0.333. The molecule has 3 N–H and O–H groups in total. The van der Waals surface area contributed by atoms with Crippen molar-refractivity contribution in [2.75, 3.05) is 6.61 Å². The molecule has 0 amide bonds. The summed E-state index contributed by atoms with van der Waals surface area (Å²) in [6.45, 7) is -1.02. The Morgan fingerprint density at radius 3 is 2.62 bits per heavy atom. The highest BCUT2D eigenvalue weighted by molar-refractivity contribution is 5.26. The van der Waals surface area contributed by atoms with E-state index in [1.165, 1.54) is 12.1 Å². The van der Waals surface area contributed by atoms with Crippen LogP contribution in [0.2, 0.25) is 0 Å². The summed E-state index contributed by atoms with van der Waals surface area (Å²) in [6.07, 6.45) is 0. The molecule has 1 aromatic rings. The highest BCUT2D eigenvalue weighted by Gasteiger charge is 2.07. The lowest BCUT2D eigenvalue weighted by atomic mass is 10.1. The number of benzene rings is 1. The Labute approximate surface area is 75.0 Å². The second-order valence-electron chi connectivity index (χ2n) is 2.82. The van der Waals surface area contributed by atoms with Crippen LogP contribution in [0.15, 0.2) is 18.2 Å². The molecule has 0 fully saturated rings. The largest absolute Gasteiger partial charge is 0.394 e. The summed E-state index contributed by atoms with van der Waals surface area (Å²) < 4.78 is 25.0. The Balaban J connectivity index is 3.01. The predicted molar refractivity (Wildman–Crippen MR) is 45.2 cm³/mol. The van der Waals surface area contributed by atoms with Crippen molar-refractivity contribution in [1.29, 1.82) is 0 Å². The maximum absolute atomic E-state index is 12.8. The molecule has 4 heteroatoms. The quantitative estimate of drug-likeness (QED) is 0.748. The van der Waals surface area contributed by atoms with Gasteiger partial charge in [-0.1, -0.05) is 6.07 Å². The van der Waals surface area contributed by atoms with Gasteiger partial charge in [-0.3, -0.25) is 0 Å². The van der Waals surface area contributed by atoms with Gasteiger partial charge in [-0.25, -0.2) is 8.78 Å². The normalized spacial score (nSPS) is 12.9. The van der Waals surface area contributed by atoms with Gasteiger partial charge in [-0.05, 0) is 23.3 Å². The van der Waals surface area contributed by atoms with Crippen LogP contribution in [0.4, 0.5) is 8.78 Å². The Morgan fingerprint density at radius 1 is 1.38 bits per heavy atom. The van der Waals surface area contributed by atoms with Crippen molar-refractivity contribution in [1.82, 2.24) is 0 Å². The molecule has 1 unspecified atom stereocenters. The van der Waals surface area contributed by atoms with Crippen LogP contribution in [0.3, 0.4) is 0 Å².